The average molecular weight is 212 g/mol. The zero-order valence-electron chi connectivity index (χ0n) is 8.80. The number of ether oxygens (including phenoxy) is 1. The number of rotatable bonds is 5. The molecule has 0 aliphatic carbocycles. The van der Waals surface area contributed by atoms with Gasteiger partial charge in [0.05, 0.1) is 11.8 Å². The highest BCUT2D eigenvalue weighted by molar-refractivity contribution is 7.99. The Hall–Kier alpha value is -0.610. The largest absolute Gasteiger partial charge is 0.381 e. The Morgan fingerprint density at radius 2 is 2.29 bits per heavy atom. The molecular weight excluding hydrogens is 196 g/mol. The molecule has 0 bridgehead atoms. The highest BCUT2D eigenvalue weighted by Gasteiger charge is 2.11. The molecule has 1 rings (SSSR count). The second-order valence-corrected chi connectivity index (χ2v) is 4.52. The standard InChI is InChI=1S/C10H16N2OS/c1-8(13-3)9(2)14-6-10-4-5-11-7-12-10/h4-5,7-9H,6H2,1-3H3. The van der Waals surface area contributed by atoms with Crippen molar-refractivity contribution in [1.82, 2.24) is 9.97 Å². The van der Waals surface area contributed by atoms with E-state index in [9.17, 15) is 0 Å². The molecule has 0 amide bonds. The van der Waals surface area contributed by atoms with Gasteiger partial charge in [-0.15, -0.1) is 11.8 Å². The van der Waals surface area contributed by atoms with Crippen LogP contribution < -0.4 is 0 Å². The molecule has 2 atom stereocenters. The third-order valence-corrected chi connectivity index (χ3v) is 3.54. The second kappa shape index (κ2) is 5.98. The maximum absolute atomic E-state index is 5.25. The van der Waals surface area contributed by atoms with Gasteiger partial charge in [-0.3, -0.25) is 0 Å². The van der Waals surface area contributed by atoms with Crippen LogP contribution in [0.15, 0.2) is 18.6 Å². The molecule has 1 aromatic rings. The number of hydrogen-bond donors (Lipinski definition) is 0. The summed E-state index contributed by atoms with van der Waals surface area (Å²) < 4.78 is 5.25. The van der Waals surface area contributed by atoms with E-state index < -0.39 is 0 Å². The summed E-state index contributed by atoms with van der Waals surface area (Å²) >= 11 is 1.85. The first-order chi connectivity index (χ1) is 6.74. The lowest BCUT2D eigenvalue weighted by molar-refractivity contribution is 0.120. The van der Waals surface area contributed by atoms with E-state index in [1.54, 1.807) is 19.6 Å². The lowest BCUT2D eigenvalue weighted by atomic mass is 10.3. The number of thioether (sulfide) groups is 1. The molecule has 0 aliphatic rings. The molecule has 3 nitrogen and oxygen atoms in total. The van der Waals surface area contributed by atoms with Crippen LogP contribution in [0.2, 0.25) is 0 Å². The van der Waals surface area contributed by atoms with E-state index in [2.05, 4.69) is 23.8 Å². The highest BCUT2D eigenvalue weighted by Crippen LogP contribution is 2.19. The molecular formula is C10H16N2OS. The average Bonchev–Trinajstić information content (AvgIpc) is 2.26. The first kappa shape index (κ1) is 11.5. The summed E-state index contributed by atoms with van der Waals surface area (Å²) in [6.45, 7) is 4.25. The second-order valence-electron chi connectivity index (χ2n) is 3.16. The van der Waals surface area contributed by atoms with E-state index in [0.29, 0.717) is 5.25 Å². The van der Waals surface area contributed by atoms with Crippen LogP contribution in [0.5, 0.6) is 0 Å². The van der Waals surface area contributed by atoms with Crippen LogP contribution in [-0.4, -0.2) is 28.4 Å². The van der Waals surface area contributed by atoms with Crippen molar-refractivity contribution < 1.29 is 4.74 Å². The van der Waals surface area contributed by atoms with Gasteiger partial charge in [0.2, 0.25) is 0 Å². The van der Waals surface area contributed by atoms with Crippen LogP contribution in [0, 0.1) is 0 Å². The van der Waals surface area contributed by atoms with E-state index >= 15 is 0 Å². The summed E-state index contributed by atoms with van der Waals surface area (Å²) in [4.78, 5) is 8.04. The minimum absolute atomic E-state index is 0.279. The Morgan fingerprint density at radius 3 is 2.86 bits per heavy atom. The lowest BCUT2D eigenvalue weighted by Gasteiger charge is -2.17. The molecule has 0 saturated heterocycles. The van der Waals surface area contributed by atoms with Gasteiger partial charge in [-0.05, 0) is 13.0 Å². The van der Waals surface area contributed by atoms with Gasteiger partial charge in [0.1, 0.15) is 6.33 Å². The maximum Gasteiger partial charge on any atom is 0.115 e. The van der Waals surface area contributed by atoms with Crippen LogP contribution in [-0.2, 0) is 10.5 Å². The molecule has 0 fully saturated rings. The fourth-order valence-electron chi connectivity index (χ4n) is 0.947. The maximum atomic E-state index is 5.25. The smallest absolute Gasteiger partial charge is 0.115 e. The molecule has 78 valence electrons. The van der Waals surface area contributed by atoms with Crippen molar-refractivity contribution in [3.8, 4) is 0 Å². The van der Waals surface area contributed by atoms with Crippen molar-refractivity contribution >= 4 is 11.8 Å². The molecule has 0 saturated carbocycles. The van der Waals surface area contributed by atoms with Crippen molar-refractivity contribution in [2.75, 3.05) is 7.11 Å². The molecule has 0 N–H and O–H groups in total. The lowest BCUT2D eigenvalue weighted by Crippen LogP contribution is -2.18. The Labute approximate surface area is 89.3 Å². The summed E-state index contributed by atoms with van der Waals surface area (Å²) in [5.74, 6) is 0.914. The van der Waals surface area contributed by atoms with Gasteiger partial charge in [0, 0.05) is 24.3 Å². The zero-order chi connectivity index (χ0) is 10.4. The van der Waals surface area contributed by atoms with E-state index in [-0.39, 0.29) is 6.10 Å². The predicted octanol–water partition coefficient (Wildman–Crippen LogP) is 2.13. The molecule has 0 aromatic carbocycles. The zero-order valence-corrected chi connectivity index (χ0v) is 9.62. The number of nitrogens with zero attached hydrogens (tertiary/aromatic N) is 2. The predicted molar refractivity (Wildman–Crippen MR) is 59.3 cm³/mol. The summed E-state index contributed by atoms with van der Waals surface area (Å²) in [6.07, 6.45) is 3.63. The quantitative estimate of drug-likeness (QED) is 0.749. The highest BCUT2D eigenvalue weighted by atomic mass is 32.2. The van der Waals surface area contributed by atoms with Gasteiger partial charge in [0.15, 0.2) is 0 Å². The van der Waals surface area contributed by atoms with Crippen LogP contribution in [0.25, 0.3) is 0 Å². The third-order valence-electron chi connectivity index (χ3n) is 2.17. The molecule has 0 spiro atoms. The molecule has 0 radical (unpaired) electrons. The topological polar surface area (TPSA) is 35.0 Å². The van der Waals surface area contributed by atoms with Gasteiger partial charge < -0.3 is 4.74 Å². The number of aromatic nitrogens is 2. The monoisotopic (exact) mass is 212 g/mol. The summed E-state index contributed by atoms with van der Waals surface area (Å²) in [5, 5.41) is 0.481. The van der Waals surface area contributed by atoms with E-state index in [1.165, 1.54) is 0 Å². The van der Waals surface area contributed by atoms with Crippen LogP contribution >= 0.6 is 11.8 Å². The van der Waals surface area contributed by atoms with Crippen LogP contribution in [0.1, 0.15) is 19.5 Å². The Morgan fingerprint density at radius 1 is 1.50 bits per heavy atom. The summed E-state index contributed by atoms with van der Waals surface area (Å²) in [5.41, 5.74) is 1.07. The van der Waals surface area contributed by atoms with Crippen molar-refractivity contribution in [1.29, 1.82) is 0 Å². The normalized spacial score (nSPS) is 15.1. The van der Waals surface area contributed by atoms with E-state index in [4.69, 9.17) is 4.74 Å². The molecule has 0 aliphatic heterocycles. The number of methoxy groups -OCH3 is 1. The summed E-state index contributed by atoms with van der Waals surface area (Å²) in [7, 11) is 1.74. The van der Waals surface area contributed by atoms with Gasteiger partial charge in [-0.2, -0.15) is 0 Å². The molecule has 2 unspecified atom stereocenters. The van der Waals surface area contributed by atoms with Gasteiger partial charge in [-0.1, -0.05) is 6.92 Å². The van der Waals surface area contributed by atoms with Gasteiger partial charge in [-0.25, -0.2) is 9.97 Å². The Kier molecular flexibility index (Phi) is 4.90. The van der Waals surface area contributed by atoms with Crippen molar-refractivity contribution in [3.05, 3.63) is 24.3 Å². The minimum atomic E-state index is 0.279. The number of hydrogen-bond acceptors (Lipinski definition) is 4. The first-order valence-electron chi connectivity index (χ1n) is 4.63. The Bertz CT molecular complexity index is 256. The van der Waals surface area contributed by atoms with Crippen LogP contribution in [0.3, 0.4) is 0 Å². The fraction of sp³-hybridized carbons (Fsp3) is 0.600. The van der Waals surface area contributed by atoms with Crippen molar-refractivity contribution in [2.24, 2.45) is 0 Å². The van der Waals surface area contributed by atoms with Crippen molar-refractivity contribution in [2.45, 2.75) is 31.0 Å². The van der Waals surface area contributed by atoms with Crippen molar-refractivity contribution in [3.63, 3.8) is 0 Å². The SMILES string of the molecule is COC(C)C(C)SCc1ccncn1. The molecule has 1 heterocycles. The van der Waals surface area contributed by atoms with E-state index in [1.807, 2.05) is 17.8 Å². The van der Waals surface area contributed by atoms with E-state index in [0.717, 1.165) is 11.4 Å². The minimum Gasteiger partial charge on any atom is -0.381 e. The Balaban J connectivity index is 2.34. The van der Waals surface area contributed by atoms with Gasteiger partial charge in [0.25, 0.3) is 0 Å². The third kappa shape index (κ3) is 3.64. The first-order valence-corrected chi connectivity index (χ1v) is 5.68. The summed E-state index contributed by atoms with van der Waals surface area (Å²) in [6, 6.07) is 1.94. The fourth-order valence-corrected chi connectivity index (χ4v) is 1.93. The molecule has 4 heteroatoms. The molecule has 14 heavy (non-hydrogen) atoms. The van der Waals surface area contributed by atoms with Gasteiger partial charge >= 0.3 is 0 Å². The molecule has 1 aromatic heterocycles. The van der Waals surface area contributed by atoms with Crippen LogP contribution in [0.4, 0.5) is 0 Å².